The number of rotatable bonds is 4. The topological polar surface area (TPSA) is 42.0 Å². The van der Waals surface area contributed by atoms with Gasteiger partial charge >= 0.3 is 0 Å². The van der Waals surface area contributed by atoms with Crippen LogP contribution in [-0.2, 0) is 17.1 Å². The molecule has 2 rings (SSSR count). The molecule has 1 aromatic heterocycles. The van der Waals surface area contributed by atoms with Crippen molar-refractivity contribution in [2.75, 3.05) is 5.32 Å². The minimum absolute atomic E-state index is 0.0986. The lowest BCUT2D eigenvalue weighted by molar-refractivity contribution is -0.115. The molecule has 0 unspecified atom stereocenters. The average Bonchev–Trinajstić information content (AvgIpc) is 2.80. The average molecular weight is 425 g/mol. The molecule has 3 nitrogen and oxygen atoms in total. The predicted molar refractivity (Wildman–Crippen MR) is 85.8 cm³/mol. The van der Waals surface area contributed by atoms with Crippen LogP contribution in [0.15, 0.2) is 32.5 Å². The summed E-state index contributed by atoms with van der Waals surface area (Å²) in [5.74, 6) is 0.273. The number of aromatic nitrogens is 1. The fourth-order valence-corrected chi connectivity index (χ4v) is 3.58. The van der Waals surface area contributed by atoms with Crippen molar-refractivity contribution in [1.29, 1.82) is 0 Å². The fraction of sp³-hybridized carbons (Fsp3) is 0.167. The maximum absolute atomic E-state index is 11.9. The Morgan fingerprint density at radius 3 is 2.84 bits per heavy atom. The molecule has 0 spiro atoms. The largest absolute Gasteiger partial charge is 0.325 e. The monoisotopic (exact) mass is 422 g/mol. The van der Waals surface area contributed by atoms with Crippen LogP contribution < -0.4 is 5.32 Å². The second-order valence-electron chi connectivity index (χ2n) is 3.72. The van der Waals surface area contributed by atoms with Gasteiger partial charge in [0.2, 0.25) is 5.91 Å². The molecule has 1 heterocycles. The number of anilines is 1. The van der Waals surface area contributed by atoms with Gasteiger partial charge in [0.1, 0.15) is 5.01 Å². The van der Waals surface area contributed by atoms with Gasteiger partial charge in [0.05, 0.1) is 23.7 Å². The highest BCUT2D eigenvalue weighted by Gasteiger charge is 2.09. The van der Waals surface area contributed by atoms with Crippen LogP contribution in [0.5, 0.6) is 0 Å². The second kappa shape index (κ2) is 6.83. The van der Waals surface area contributed by atoms with Crippen LogP contribution in [0.4, 0.5) is 5.69 Å². The van der Waals surface area contributed by atoms with Gasteiger partial charge in [-0.1, -0.05) is 15.9 Å². The van der Waals surface area contributed by atoms with Gasteiger partial charge in [-0.3, -0.25) is 4.79 Å². The molecule has 1 aromatic carbocycles. The van der Waals surface area contributed by atoms with E-state index in [-0.39, 0.29) is 12.3 Å². The molecule has 0 radical (unpaired) electrons. The van der Waals surface area contributed by atoms with Gasteiger partial charge in [-0.15, -0.1) is 22.9 Å². The highest BCUT2D eigenvalue weighted by molar-refractivity contribution is 9.11. The van der Waals surface area contributed by atoms with Gasteiger partial charge < -0.3 is 5.32 Å². The zero-order valence-corrected chi connectivity index (χ0v) is 14.4. The number of hydrogen-bond acceptors (Lipinski definition) is 3. The van der Waals surface area contributed by atoms with Crippen LogP contribution in [0.2, 0.25) is 0 Å². The molecule has 2 aromatic rings. The van der Waals surface area contributed by atoms with E-state index >= 15 is 0 Å². The summed E-state index contributed by atoms with van der Waals surface area (Å²) < 4.78 is 1.78. The van der Waals surface area contributed by atoms with Gasteiger partial charge in [0.25, 0.3) is 0 Å². The van der Waals surface area contributed by atoms with Crippen molar-refractivity contribution in [1.82, 2.24) is 4.98 Å². The van der Waals surface area contributed by atoms with Crippen molar-refractivity contribution in [2.45, 2.75) is 12.3 Å². The van der Waals surface area contributed by atoms with E-state index in [4.69, 9.17) is 11.6 Å². The first kappa shape index (κ1) is 15.0. The Morgan fingerprint density at radius 2 is 2.21 bits per heavy atom. The third kappa shape index (κ3) is 4.27. The van der Waals surface area contributed by atoms with Crippen molar-refractivity contribution in [3.05, 3.63) is 43.2 Å². The van der Waals surface area contributed by atoms with Gasteiger partial charge in [-0.05, 0) is 34.1 Å². The maximum atomic E-state index is 11.9. The van der Waals surface area contributed by atoms with Crippen LogP contribution in [0.25, 0.3) is 0 Å². The molecule has 0 bridgehead atoms. The Kier molecular flexibility index (Phi) is 5.38. The molecule has 1 amide bonds. The molecule has 0 atom stereocenters. The highest BCUT2D eigenvalue weighted by atomic mass is 79.9. The summed E-state index contributed by atoms with van der Waals surface area (Å²) in [5, 5.41) is 5.47. The van der Waals surface area contributed by atoms with Crippen molar-refractivity contribution in [2.24, 2.45) is 0 Å². The first-order chi connectivity index (χ1) is 9.08. The fourth-order valence-electron chi connectivity index (χ4n) is 1.41. The zero-order valence-electron chi connectivity index (χ0n) is 9.62. The standard InChI is InChI=1S/C12H9Br2ClN2OS/c13-7-1-2-10(9(14)3-7)17-11(18)4-12-16-8(5-15)6-19-12/h1-3,6H,4-5H2,(H,17,18). The van der Waals surface area contributed by atoms with E-state index in [1.54, 1.807) is 0 Å². The lowest BCUT2D eigenvalue weighted by atomic mass is 10.3. The Bertz CT molecular complexity index is 603. The SMILES string of the molecule is O=C(Cc1nc(CCl)cs1)Nc1ccc(Br)cc1Br. The predicted octanol–water partition coefficient (Wildman–Crippen LogP) is 4.59. The van der Waals surface area contributed by atoms with E-state index in [1.165, 1.54) is 11.3 Å². The molecule has 1 N–H and O–H groups in total. The van der Waals surface area contributed by atoms with Crippen molar-refractivity contribution >= 4 is 66.4 Å². The molecule has 0 saturated carbocycles. The van der Waals surface area contributed by atoms with Gasteiger partial charge in [-0.25, -0.2) is 4.98 Å². The summed E-state index contributed by atoms with van der Waals surface area (Å²) in [5.41, 5.74) is 1.54. The number of benzene rings is 1. The van der Waals surface area contributed by atoms with E-state index < -0.39 is 0 Å². The Morgan fingerprint density at radius 1 is 1.42 bits per heavy atom. The first-order valence-electron chi connectivity index (χ1n) is 5.32. The van der Waals surface area contributed by atoms with Crippen LogP contribution in [0.1, 0.15) is 10.7 Å². The highest BCUT2D eigenvalue weighted by Crippen LogP contribution is 2.26. The van der Waals surface area contributed by atoms with E-state index in [2.05, 4.69) is 42.2 Å². The zero-order chi connectivity index (χ0) is 13.8. The van der Waals surface area contributed by atoms with Crippen LogP contribution in [0.3, 0.4) is 0 Å². The quantitative estimate of drug-likeness (QED) is 0.730. The van der Waals surface area contributed by atoms with E-state index in [0.717, 1.165) is 25.3 Å². The van der Waals surface area contributed by atoms with Crippen LogP contribution in [0, 0.1) is 0 Å². The van der Waals surface area contributed by atoms with Gasteiger partial charge in [0, 0.05) is 14.3 Å². The lowest BCUT2D eigenvalue weighted by Crippen LogP contribution is -2.14. The molecular weight excluding hydrogens is 415 g/mol. The smallest absolute Gasteiger partial charge is 0.231 e. The molecule has 0 saturated heterocycles. The number of amides is 1. The maximum Gasteiger partial charge on any atom is 0.231 e. The molecule has 0 aliphatic carbocycles. The minimum atomic E-state index is -0.0986. The lowest BCUT2D eigenvalue weighted by Gasteiger charge is -2.06. The molecular formula is C12H9Br2ClN2OS. The molecule has 7 heteroatoms. The molecule has 0 aliphatic heterocycles. The Hall–Kier alpha value is -0.430. The number of hydrogen-bond donors (Lipinski definition) is 1. The van der Waals surface area contributed by atoms with Crippen LogP contribution in [-0.4, -0.2) is 10.9 Å². The number of thiazole rings is 1. The summed E-state index contributed by atoms with van der Waals surface area (Å²) in [6.07, 6.45) is 0.254. The number of carbonyl (C=O) groups excluding carboxylic acids is 1. The number of carbonyl (C=O) groups is 1. The first-order valence-corrected chi connectivity index (χ1v) is 8.32. The van der Waals surface area contributed by atoms with Gasteiger partial charge in [-0.2, -0.15) is 0 Å². The van der Waals surface area contributed by atoms with Gasteiger partial charge in [0.15, 0.2) is 0 Å². The third-order valence-electron chi connectivity index (χ3n) is 2.25. The normalized spacial score (nSPS) is 10.5. The van der Waals surface area contributed by atoms with Crippen LogP contribution >= 0.6 is 54.8 Å². The van der Waals surface area contributed by atoms with Crippen molar-refractivity contribution in [3.8, 4) is 0 Å². The number of alkyl halides is 1. The number of halogens is 3. The molecule has 19 heavy (non-hydrogen) atoms. The molecule has 0 fully saturated rings. The van der Waals surface area contributed by atoms with E-state index in [0.29, 0.717) is 5.88 Å². The number of nitrogens with zero attached hydrogens (tertiary/aromatic N) is 1. The molecule has 100 valence electrons. The minimum Gasteiger partial charge on any atom is -0.325 e. The summed E-state index contributed by atoms with van der Waals surface area (Å²) in [4.78, 5) is 16.2. The summed E-state index contributed by atoms with van der Waals surface area (Å²) in [6, 6.07) is 5.58. The number of nitrogens with one attached hydrogen (secondary N) is 1. The summed E-state index contributed by atoms with van der Waals surface area (Å²) in [6.45, 7) is 0. The summed E-state index contributed by atoms with van der Waals surface area (Å²) in [7, 11) is 0. The van der Waals surface area contributed by atoms with Crippen molar-refractivity contribution < 1.29 is 4.79 Å². The molecule has 0 aliphatic rings. The van der Waals surface area contributed by atoms with E-state index in [1.807, 2.05) is 23.6 Å². The van der Waals surface area contributed by atoms with Crippen molar-refractivity contribution in [3.63, 3.8) is 0 Å². The Balaban J connectivity index is 2.01. The third-order valence-corrected chi connectivity index (χ3v) is 4.57. The Labute approximate surface area is 136 Å². The van der Waals surface area contributed by atoms with E-state index in [9.17, 15) is 4.79 Å². The summed E-state index contributed by atoms with van der Waals surface area (Å²) >= 11 is 13.9. The second-order valence-corrected chi connectivity index (χ2v) is 6.70.